The number of rotatable bonds is 7. The van der Waals surface area contributed by atoms with Crippen molar-refractivity contribution in [3.05, 3.63) is 59.9 Å². The third kappa shape index (κ3) is 4.55. The Hall–Kier alpha value is -2.36. The third-order valence-electron chi connectivity index (χ3n) is 3.60. The van der Waals surface area contributed by atoms with Crippen molar-refractivity contribution in [2.45, 2.75) is 26.7 Å². The van der Waals surface area contributed by atoms with Gasteiger partial charge in [0.05, 0.1) is 5.56 Å². The van der Waals surface area contributed by atoms with Gasteiger partial charge in [-0.05, 0) is 49.2 Å². The number of anilines is 2. The number of nitrogens with zero attached hydrogens (tertiary/aromatic N) is 1. The Kier molecular flexibility index (Phi) is 6.15. The molecule has 23 heavy (non-hydrogen) atoms. The molecule has 0 aliphatic rings. The first-order valence-electron chi connectivity index (χ1n) is 8.06. The van der Waals surface area contributed by atoms with Gasteiger partial charge in [-0.3, -0.25) is 4.79 Å². The van der Waals surface area contributed by atoms with Crippen LogP contribution in [-0.4, -0.2) is 19.0 Å². The summed E-state index contributed by atoms with van der Waals surface area (Å²) in [5.74, 6) is -0.950. The zero-order valence-electron chi connectivity index (χ0n) is 13.7. The van der Waals surface area contributed by atoms with Crippen molar-refractivity contribution in [3.8, 4) is 0 Å². The molecule has 0 unspecified atom stereocenters. The zero-order chi connectivity index (χ0) is 16.7. The second-order valence-electron chi connectivity index (χ2n) is 5.47. The van der Waals surface area contributed by atoms with Gasteiger partial charge in [-0.1, -0.05) is 26.0 Å². The molecule has 0 heterocycles. The predicted molar refractivity (Wildman–Crippen MR) is 93.6 cm³/mol. The van der Waals surface area contributed by atoms with Gasteiger partial charge in [-0.25, -0.2) is 4.39 Å². The molecule has 2 aromatic carbocycles. The summed E-state index contributed by atoms with van der Waals surface area (Å²) in [5.41, 5.74) is 1.85. The topological polar surface area (TPSA) is 32.3 Å². The van der Waals surface area contributed by atoms with Crippen LogP contribution in [-0.2, 0) is 0 Å². The van der Waals surface area contributed by atoms with Gasteiger partial charge in [0.1, 0.15) is 5.82 Å². The van der Waals surface area contributed by atoms with E-state index >= 15 is 0 Å². The lowest BCUT2D eigenvalue weighted by molar-refractivity contribution is 0.102. The van der Waals surface area contributed by atoms with Crippen LogP contribution in [0.1, 0.15) is 37.0 Å². The molecule has 2 aromatic rings. The summed E-state index contributed by atoms with van der Waals surface area (Å²) in [4.78, 5) is 14.4. The summed E-state index contributed by atoms with van der Waals surface area (Å²) >= 11 is 0. The standard InChI is InChI=1S/C19H23FN2O/c1-3-13-22(14-4-2)16-11-9-15(10-12-16)21-19(23)17-7-5-6-8-18(17)20/h5-12H,3-4,13-14H2,1-2H3,(H,21,23). The van der Waals surface area contributed by atoms with Gasteiger partial charge in [-0.15, -0.1) is 0 Å². The van der Waals surface area contributed by atoms with Gasteiger partial charge in [0.25, 0.3) is 5.91 Å². The molecule has 0 saturated carbocycles. The van der Waals surface area contributed by atoms with Crippen LogP contribution in [0.4, 0.5) is 15.8 Å². The molecule has 0 spiro atoms. The number of carbonyl (C=O) groups is 1. The number of benzene rings is 2. The summed E-state index contributed by atoms with van der Waals surface area (Å²) < 4.78 is 13.6. The SMILES string of the molecule is CCCN(CCC)c1ccc(NC(=O)c2ccccc2F)cc1. The van der Waals surface area contributed by atoms with Crippen LogP contribution in [0.5, 0.6) is 0 Å². The molecule has 1 N–H and O–H groups in total. The molecule has 3 nitrogen and oxygen atoms in total. The Bertz CT molecular complexity index is 634. The van der Waals surface area contributed by atoms with E-state index in [1.807, 2.05) is 24.3 Å². The Morgan fingerprint density at radius 1 is 1.00 bits per heavy atom. The number of halogens is 1. The smallest absolute Gasteiger partial charge is 0.258 e. The Morgan fingerprint density at radius 3 is 2.17 bits per heavy atom. The van der Waals surface area contributed by atoms with E-state index in [9.17, 15) is 9.18 Å². The maximum atomic E-state index is 13.6. The van der Waals surface area contributed by atoms with Gasteiger partial charge < -0.3 is 10.2 Å². The Balaban J connectivity index is 2.07. The van der Waals surface area contributed by atoms with Gasteiger partial charge in [0, 0.05) is 24.5 Å². The molecule has 0 atom stereocenters. The molecule has 0 aliphatic carbocycles. The monoisotopic (exact) mass is 314 g/mol. The second-order valence-corrected chi connectivity index (χ2v) is 5.47. The fourth-order valence-corrected chi connectivity index (χ4v) is 2.51. The lowest BCUT2D eigenvalue weighted by atomic mass is 10.2. The molecule has 122 valence electrons. The lowest BCUT2D eigenvalue weighted by Crippen LogP contribution is -2.24. The van der Waals surface area contributed by atoms with Crippen molar-refractivity contribution in [2.75, 3.05) is 23.3 Å². The molecule has 0 saturated heterocycles. The average Bonchev–Trinajstić information content (AvgIpc) is 2.56. The number of carbonyl (C=O) groups excluding carboxylic acids is 1. The number of nitrogens with one attached hydrogen (secondary N) is 1. The average molecular weight is 314 g/mol. The van der Waals surface area contributed by atoms with Crippen LogP contribution in [0, 0.1) is 5.82 Å². The largest absolute Gasteiger partial charge is 0.372 e. The van der Waals surface area contributed by atoms with E-state index in [4.69, 9.17) is 0 Å². The summed E-state index contributed by atoms with van der Waals surface area (Å²) in [7, 11) is 0. The minimum Gasteiger partial charge on any atom is -0.372 e. The number of amides is 1. The first kappa shape index (κ1) is 17.0. The molecular formula is C19H23FN2O. The molecule has 0 bridgehead atoms. The van der Waals surface area contributed by atoms with Gasteiger partial charge >= 0.3 is 0 Å². The summed E-state index contributed by atoms with van der Waals surface area (Å²) in [6.07, 6.45) is 2.18. The molecule has 0 aliphatic heterocycles. The van der Waals surface area contributed by atoms with Crippen LogP contribution in [0.2, 0.25) is 0 Å². The minimum atomic E-state index is -0.515. The maximum Gasteiger partial charge on any atom is 0.258 e. The van der Waals surface area contributed by atoms with Crippen LogP contribution in [0.15, 0.2) is 48.5 Å². The Labute approximate surface area is 137 Å². The zero-order valence-corrected chi connectivity index (χ0v) is 13.7. The number of hydrogen-bond donors (Lipinski definition) is 1. The quantitative estimate of drug-likeness (QED) is 0.803. The first-order valence-corrected chi connectivity index (χ1v) is 8.06. The van der Waals surface area contributed by atoms with E-state index in [-0.39, 0.29) is 5.56 Å². The first-order chi connectivity index (χ1) is 11.2. The highest BCUT2D eigenvalue weighted by molar-refractivity contribution is 6.04. The van der Waals surface area contributed by atoms with Crippen LogP contribution < -0.4 is 10.2 Å². The van der Waals surface area contributed by atoms with Gasteiger partial charge in [0.2, 0.25) is 0 Å². The summed E-state index contributed by atoms with van der Waals surface area (Å²) in [6.45, 7) is 6.33. The molecule has 1 amide bonds. The van der Waals surface area contributed by atoms with Crippen molar-refractivity contribution in [2.24, 2.45) is 0 Å². The van der Waals surface area contributed by atoms with Gasteiger partial charge in [-0.2, -0.15) is 0 Å². The maximum absolute atomic E-state index is 13.6. The van der Waals surface area contributed by atoms with E-state index < -0.39 is 11.7 Å². The lowest BCUT2D eigenvalue weighted by Gasteiger charge is -2.24. The highest BCUT2D eigenvalue weighted by atomic mass is 19.1. The normalized spacial score (nSPS) is 10.4. The van der Waals surface area contributed by atoms with E-state index in [0.717, 1.165) is 31.6 Å². The van der Waals surface area contributed by atoms with Crippen LogP contribution in [0.3, 0.4) is 0 Å². The second kappa shape index (κ2) is 8.32. The minimum absolute atomic E-state index is 0.0511. The molecule has 4 heteroatoms. The van der Waals surface area contributed by atoms with Gasteiger partial charge in [0.15, 0.2) is 0 Å². The van der Waals surface area contributed by atoms with Crippen molar-refractivity contribution in [1.29, 1.82) is 0 Å². The highest BCUT2D eigenvalue weighted by Gasteiger charge is 2.11. The third-order valence-corrected chi connectivity index (χ3v) is 3.60. The van der Waals surface area contributed by atoms with Crippen molar-refractivity contribution in [1.82, 2.24) is 0 Å². The summed E-state index contributed by atoms with van der Waals surface area (Å²) in [5, 5.41) is 2.73. The molecule has 0 aromatic heterocycles. The predicted octanol–water partition coefficient (Wildman–Crippen LogP) is 4.70. The number of hydrogen-bond acceptors (Lipinski definition) is 2. The van der Waals surface area contributed by atoms with E-state index in [2.05, 4.69) is 24.1 Å². The fourth-order valence-electron chi connectivity index (χ4n) is 2.51. The molecule has 2 rings (SSSR count). The summed E-state index contributed by atoms with van der Waals surface area (Å²) in [6, 6.07) is 13.7. The van der Waals surface area contributed by atoms with Crippen molar-refractivity contribution >= 4 is 17.3 Å². The fraction of sp³-hybridized carbons (Fsp3) is 0.316. The Morgan fingerprint density at radius 2 is 1.61 bits per heavy atom. The van der Waals surface area contributed by atoms with E-state index in [0.29, 0.717) is 5.69 Å². The molecule has 0 radical (unpaired) electrons. The molecule has 0 fully saturated rings. The van der Waals surface area contributed by atoms with Crippen molar-refractivity contribution in [3.63, 3.8) is 0 Å². The highest BCUT2D eigenvalue weighted by Crippen LogP contribution is 2.19. The van der Waals surface area contributed by atoms with Crippen LogP contribution >= 0.6 is 0 Å². The van der Waals surface area contributed by atoms with Crippen LogP contribution in [0.25, 0.3) is 0 Å². The van der Waals surface area contributed by atoms with E-state index in [1.54, 1.807) is 12.1 Å². The van der Waals surface area contributed by atoms with E-state index in [1.165, 1.54) is 12.1 Å². The molecular weight excluding hydrogens is 291 g/mol. The van der Waals surface area contributed by atoms with Crippen molar-refractivity contribution < 1.29 is 9.18 Å².